The summed E-state index contributed by atoms with van der Waals surface area (Å²) in [5.41, 5.74) is 2.98. The number of hydrogen-bond acceptors (Lipinski definition) is 5. The molecule has 0 spiro atoms. The molecule has 1 aliphatic heterocycles. The first-order valence-electron chi connectivity index (χ1n) is 11.5. The number of benzene rings is 1. The number of carbonyl (C=O) groups is 1. The monoisotopic (exact) mass is 453 g/mol. The molecule has 8 heteroatoms. The third kappa shape index (κ3) is 4.47. The molecule has 1 saturated heterocycles. The highest BCUT2D eigenvalue weighted by atomic mass is 32.1. The molecule has 1 saturated carbocycles. The molecule has 0 radical (unpaired) electrons. The van der Waals surface area contributed by atoms with Crippen molar-refractivity contribution in [2.75, 3.05) is 13.1 Å². The molecular formula is C24H28FN5OS. The van der Waals surface area contributed by atoms with Crippen molar-refractivity contribution in [1.82, 2.24) is 25.2 Å². The maximum Gasteiger partial charge on any atom is 0.270 e. The Balaban J connectivity index is 1.48. The van der Waals surface area contributed by atoms with Crippen molar-refractivity contribution in [2.24, 2.45) is 0 Å². The summed E-state index contributed by atoms with van der Waals surface area (Å²) in [6.45, 7) is 1.92. The Morgan fingerprint density at radius 2 is 1.84 bits per heavy atom. The Hall–Kier alpha value is -2.58. The lowest BCUT2D eigenvalue weighted by molar-refractivity contribution is 0.0923. The Kier molecular flexibility index (Phi) is 6.32. The van der Waals surface area contributed by atoms with Crippen LogP contribution >= 0.6 is 11.3 Å². The van der Waals surface area contributed by atoms with Crippen molar-refractivity contribution < 1.29 is 9.18 Å². The number of nitrogens with one attached hydrogen (secondary N) is 2. The van der Waals surface area contributed by atoms with Crippen molar-refractivity contribution in [3.8, 4) is 22.0 Å². The van der Waals surface area contributed by atoms with Gasteiger partial charge >= 0.3 is 0 Å². The van der Waals surface area contributed by atoms with E-state index < -0.39 is 0 Å². The van der Waals surface area contributed by atoms with Gasteiger partial charge in [-0.15, -0.1) is 11.3 Å². The normalized spacial score (nSPS) is 18.0. The van der Waals surface area contributed by atoms with Gasteiger partial charge in [-0.3, -0.25) is 4.79 Å². The highest BCUT2D eigenvalue weighted by molar-refractivity contribution is 7.13. The summed E-state index contributed by atoms with van der Waals surface area (Å²) in [4.78, 5) is 22.3. The molecule has 1 aliphatic carbocycles. The Labute approximate surface area is 191 Å². The highest BCUT2D eigenvalue weighted by Gasteiger charge is 2.25. The van der Waals surface area contributed by atoms with Gasteiger partial charge in [0.05, 0.1) is 12.0 Å². The van der Waals surface area contributed by atoms with Crippen LogP contribution in [0.5, 0.6) is 0 Å². The minimum Gasteiger partial charge on any atom is -0.348 e. The standard InChI is InChI=1S/C24H28FN5OS/c25-17-8-6-16(7-9-17)21-22(30(15-27-21)19-10-12-26-13-11-19)24-29-20(14-32-24)23(31)28-18-4-2-1-3-5-18/h6-9,14-15,18-19,26H,1-5,10-13H2,(H,28,31). The van der Waals surface area contributed by atoms with Crippen LogP contribution in [0.2, 0.25) is 0 Å². The van der Waals surface area contributed by atoms with Gasteiger partial charge in [-0.25, -0.2) is 14.4 Å². The van der Waals surface area contributed by atoms with Crippen LogP contribution in [0.3, 0.4) is 0 Å². The quantitative estimate of drug-likeness (QED) is 0.582. The van der Waals surface area contributed by atoms with Gasteiger partial charge < -0.3 is 15.2 Å². The van der Waals surface area contributed by atoms with E-state index in [1.807, 2.05) is 11.7 Å². The van der Waals surface area contributed by atoms with Gasteiger partial charge in [-0.2, -0.15) is 0 Å². The third-order valence-electron chi connectivity index (χ3n) is 6.49. The fourth-order valence-electron chi connectivity index (χ4n) is 4.75. The summed E-state index contributed by atoms with van der Waals surface area (Å²) in [6.07, 6.45) is 9.56. The zero-order valence-electron chi connectivity index (χ0n) is 18.0. The van der Waals surface area contributed by atoms with Crippen LogP contribution in [0, 0.1) is 5.82 Å². The molecule has 0 unspecified atom stereocenters. The Morgan fingerprint density at radius 3 is 2.59 bits per heavy atom. The first kappa shape index (κ1) is 21.3. The van der Waals surface area contributed by atoms with Crippen LogP contribution in [0.15, 0.2) is 36.0 Å². The molecule has 0 bridgehead atoms. The minimum atomic E-state index is -0.274. The van der Waals surface area contributed by atoms with Crippen LogP contribution in [0.1, 0.15) is 61.5 Å². The maximum absolute atomic E-state index is 13.5. The van der Waals surface area contributed by atoms with E-state index in [1.165, 1.54) is 42.7 Å². The number of piperidine rings is 1. The van der Waals surface area contributed by atoms with Crippen LogP contribution in [0.4, 0.5) is 4.39 Å². The second-order valence-corrected chi connectivity index (χ2v) is 9.54. The molecule has 6 nitrogen and oxygen atoms in total. The van der Waals surface area contributed by atoms with E-state index in [1.54, 1.807) is 12.1 Å². The van der Waals surface area contributed by atoms with E-state index >= 15 is 0 Å². The van der Waals surface area contributed by atoms with Gasteiger partial charge in [0.2, 0.25) is 0 Å². The number of carbonyl (C=O) groups excluding carboxylic acids is 1. The van der Waals surface area contributed by atoms with Crippen molar-refractivity contribution in [1.29, 1.82) is 0 Å². The lowest BCUT2D eigenvalue weighted by Crippen LogP contribution is -2.36. The van der Waals surface area contributed by atoms with E-state index in [0.717, 1.165) is 60.7 Å². The van der Waals surface area contributed by atoms with Gasteiger partial charge in [-0.05, 0) is 63.0 Å². The smallest absolute Gasteiger partial charge is 0.270 e. The SMILES string of the molecule is O=C(NC1CCCCC1)c1csc(-c2c(-c3ccc(F)cc3)ncn2C2CCNCC2)n1. The van der Waals surface area contributed by atoms with Crippen molar-refractivity contribution in [3.63, 3.8) is 0 Å². The molecule has 2 N–H and O–H groups in total. The average Bonchev–Trinajstić information content (AvgIpc) is 3.48. The molecule has 3 aromatic rings. The highest BCUT2D eigenvalue weighted by Crippen LogP contribution is 2.37. The summed E-state index contributed by atoms with van der Waals surface area (Å²) in [7, 11) is 0. The molecule has 168 valence electrons. The van der Waals surface area contributed by atoms with Gasteiger partial charge in [0.25, 0.3) is 5.91 Å². The van der Waals surface area contributed by atoms with Gasteiger partial charge in [0, 0.05) is 23.0 Å². The molecule has 3 heterocycles. The van der Waals surface area contributed by atoms with E-state index in [2.05, 4.69) is 15.2 Å². The molecule has 1 amide bonds. The number of amides is 1. The van der Waals surface area contributed by atoms with Crippen LogP contribution in [0.25, 0.3) is 22.0 Å². The molecule has 0 atom stereocenters. The van der Waals surface area contributed by atoms with E-state index in [0.29, 0.717) is 11.7 Å². The van der Waals surface area contributed by atoms with E-state index in [4.69, 9.17) is 9.97 Å². The minimum absolute atomic E-state index is 0.101. The number of aromatic nitrogens is 3. The summed E-state index contributed by atoms with van der Waals surface area (Å²) in [5, 5.41) is 9.17. The fourth-order valence-corrected chi connectivity index (χ4v) is 5.59. The zero-order valence-corrected chi connectivity index (χ0v) is 18.8. The first-order chi connectivity index (χ1) is 15.7. The van der Waals surface area contributed by atoms with Crippen molar-refractivity contribution in [3.05, 3.63) is 47.5 Å². The van der Waals surface area contributed by atoms with Gasteiger partial charge in [0.15, 0.2) is 0 Å². The van der Waals surface area contributed by atoms with Crippen LogP contribution in [-0.4, -0.2) is 39.6 Å². The second-order valence-electron chi connectivity index (χ2n) is 8.68. The summed E-state index contributed by atoms with van der Waals surface area (Å²) >= 11 is 1.47. The number of halogens is 1. The molecule has 2 fully saturated rings. The van der Waals surface area contributed by atoms with Crippen LogP contribution < -0.4 is 10.6 Å². The molecule has 1 aromatic carbocycles. The van der Waals surface area contributed by atoms with Gasteiger partial charge in [0.1, 0.15) is 22.2 Å². The van der Waals surface area contributed by atoms with E-state index in [9.17, 15) is 9.18 Å². The first-order valence-corrected chi connectivity index (χ1v) is 12.4. The summed E-state index contributed by atoms with van der Waals surface area (Å²) < 4.78 is 15.7. The lowest BCUT2D eigenvalue weighted by Gasteiger charge is -2.25. The average molecular weight is 454 g/mol. The fraction of sp³-hybridized carbons (Fsp3) is 0.458. The number of rotatable bonds is 5. The zero-order chi connectivity index (χ0) is 21.9. The predicted molar refractivity (Wildman–Crippen MR) is 124 cm³/mol. The topological polar surface area (TPSA) is 71.8 Å². The number of nitrogens with zero attached hydrogens (tertiary/aromatic N) is 3. The largest absolute Gasteiger partial charge is 0.348 e. The Bertz CT molecular complexity index is 1060. The van der Waals surface area contributed by atoms with E-state index in [-0.39, 0.29) is 17.8 Å². The molecule has 32 heavy (non-hydrogen) atoms. The Morgan fingerprint density at radius 1 is 1.09 bits per heavy atom. The number of hydrogen-bond donors (Lipinski definition) is 2. The lowest BCUT2D eigenvalue weighted by atomic mass is 9.95. The van der Waals surface area contributed by atoms with Gasteiger partial charge in [-0.1, -0.05) is 19.3 Å². The molecule has 2 aliphatic rings. The number of imidazole rings is 1. The van der Waals surface area contributed by atoms with Crippen molar-refractivity contribution in [2.45, 2.75) is 57.0 Å². The summed E-state index contributed by atoms with van der Waals surface area (Å²) in [6, 6.07) is 6.96. The summed E-state index contributed by atoms with van der Waals surface area (Å²) in [5.74, 6) is -0.375. The molecule has 2 aromatic heterocycles. The second kappa shape index (κ2) is 9.50. The third-order valence-corrected chi connectivity index (χ3v) is 7.34. The number of thiazole rings is 1. The predicted octanol–water partition coefficient (Wildman–Crippen LogP) is 4.80. The molecular weight excluding hydrogens is 425 g/mol. The molecule has 5 rings (SSSR count). The van der Waals surface area contributed by atoms with Crippen molar-refractivity contribution >= 4 is 17.2 Å². The maximum atomic E-state index is 13.5. The van der Waals surface area contributed by atoms with Crippen LogP contribution in [-0.2, 0) is 0 Å².